The maximum absolute atomic E-state index is 12.1. The maximum Gasteiger partial charge on any atom is 0.287 e. The topological polar surface area (TPSA) is 38.8 Å². The number of hydroxylamine groups is 2. The van der Waals surface area contributed by atoms with Crippen molar-refractivity contribution in [1.29, 1.82) is 0 Å². The molecule has 0 radical (unpaired) electrons. The van der Waals surface area contributed by atoms with Crippen molar-refractivity contribution in [3.8, 4) is 16.9 Å². The zero-order chi connectivity index (χ0) is 14.7. The van der Waals surface area contributed by atoms with E-state index in [0.717, 1.165) is 21.8 Å². The first-order valence-corrected chi connectivity index (χ1v) is 6.95. The largest absolute Gasteiger partial charge is 0.497 e. The predicted octanol–water partition coefficient (Wildman–Crippen LogP) is 3.37. The van der Waals surface area contributed by atoms with E-state index >= 15 is 0 Å². The molecule has 1 aromatic heterocycles. The first-order valence-electron chi connectivity index (χ1n) is 6.14. The molecule has 1 aromatic carbocycles. The van der Waals surface area contributed by atoms with E-state index < -0.39 is 0 Å². The third-order valence-electron chi connectivity index (χ3n) is 3.09. The summed E-state index contributed by atoms with van der Waals surface area (Å²) in [6.07, 6.45) is 0. The van der Waals surface area contributed by atoms with Gasteiger partial charge in [0.15, 0.2) is 0 Å². The fourth-order valence-corrected chi connectivity index (χ4v) is 2.89. The molecule has 0 N–H and O–H groups in total. The van der Waals surface area contributed by atoms with Gasteiger partial charge in [-0.2, -0.15) is 0 Å². The van der Waals surface area contributed by atoms with Crippen molar-refractivity contribution >= 4 is 17.2 Å². The number of amides is 1. The number of benzene rings is 1. The lowest BCUT2D eigenvalue weighted by molar-refractivity contribution is -0.0753. The number of rotatable bonds is 4. The van der Waals surface area contributed by atoms with Crippen LogP contribution in [-0.2, 0) is 4.84 Å². The van der Waals surface area contributed by atoms with Crippen LogP contribution in [0.4, 0.5) is 0 Å². The van der Waals surface area contributed by atoms with Crippen LogP contribution in [-0.4, -0.2) is 32.2 Å². The number of carbonyl (C=O) groups excluding carboxylic acids is 1. The fraction of sp³-hybridized carbons (Fsp3) is 0.267. The van der Waals surface area contributed by atoms with Gasteiger partial charge in [-0.3, -0.25) is 9.63 Å². The molecule has 1 heterocycles. The van der Waals surface area contributed by atoms with Gasteiger partial charge < -0.3 is 4.74 Å². The van der Waals surface area contributed by atoms with Gasteiger partial charge in [-0.15, -0.1) is 11.3 Å². The number of ether oxygens (including phenoxy) is 1. The van der Waals surface area contributed by atoms with Gasteiger partial charge in [0.25, 0.3) is 5.91 Å². The van der Waals surface area contributed by atoms with E-state index in [9.17, 15) is 4.79 Å². The zero-order valence-corrected chi connectivity index (χ0v) is 12.8. The molecule has 106 valence electrons. The molecule has 2 aromatic rings. The van der Waals surface area contributed by atoms with E-state index in [-0.39, 0.29) is 5.91 Å². The summed E-state index contributed by atoms with van der Waals surface area (Å²) < 4.78 is 5.15. The van der Waals surface area contributed by atoms with E-state index in [4.69, 9.17) is 9.57 Å². The zero-order valence-electron chi connectivity index (χ0n) is 12.0. The minimum absolute atomic E-state index is 0.139. The molecule has 0 saturated carbocycles. The average molecular weight is 291 g/mol. The smallest absolute Gasteiger partial charge is 0.287 e. The van der Waals surface area contributed by atoms with E-state index in [1.54, 1.807) is 14.2 Å². The minimum Gasteiger partial charge on any atom is -0.497 e. The Morgan fingerprint density at radius 2 is 1.85 bits per heavy atom. The number of hydrogen-bond acceptors (Lipinski definition) is 4. The van der Waals surface area contributed by atoms with Crippen LogP contribution in [0.1, 0.15) is 14.5 Å². The quantitative estimate of drug-likeness (QED) is 0.811. The first kappa shape index (κ1) is 14.6. The predicted molar refractivity (Wildman–Crippen MR) is 80.1 cm³/mol. The summed E-state index contributed by atoms with van der Waals surface area (Å²) in [7, 11) is 4.72. The van der Waals surface area contributed by atoms with Crippen molar-refractivity contribution in [2.75, 3.05) is 21.3 Å². The Bertz CT molecular complexity index is 604. The third kappa shape index (κ3) is 2.84. The van der Waals surface area contributed by atoms with Crippen molar-refractivity contribution in [3.63, 3.8) is 0 Å². The van der Waals surface area contributed by atoms with Gasteiger partial charge in [0.2, 0.25) is 0 Å². The molecular formula is C15H17NO3S. The molecule has 5 heteroatoms. The van der Waals surface area contributed by atoms with Gasteiger partial charge in [0, 0.05) is 11.9 Å². The van der Waals surface area contributed by atoms with E-state index in [1.807, 2.05) is 37.3 Å². The monoisotopic (exact) mass is 291 g/mol. The second-order valence-corrected chi connectivity index (χ2v) is 5.55. The summed E-state index contributed by atoms with van der Waals surface area (Å²) >= 11 is 1.47. The number of thiophene rings is 1. The van der Waals surface area contributed by atoms with Crippen LogP contribution in [0, 0.1) is 6.92 Å². The Morgan fingerprint density at radius 3 is 2.40 bits per heavy atom. The van der Waals surface area contributed by atoms with Gasteiger partial charge in [0.1, 0.15) is 5.75 Å². The molecule has 0 atom stereocenters. The van der Waals surface area contributed by atoms with Crippen LogP contribution in [0.3, 0.4) is 0 Å². The summed E-state index contributed by atoms with van der Waals surface area (Å²) in [6.45, 7) is 2.01. The van der Waals surface area contributed by atoms with E-state index in [2.05, 4.69) is 0 Å². The number of nitrogens with zero attached hydrogens (tertiary/aromatic N) is 1. The molecular weight excluding hydrogens is 274 g/mol. The van der Waals surface area contributed by atoms with E-state index in [0.29, 0.717) is 4.88 Å². The van der Waals surface area contributed by atoms with Crippen LogP contribution in [0.25, 0.3) is 11.1 Å². The minimum atomic E-state index is -0.139. The summed E-state index contributed by atoms with van der Waals surface area (Å²) in [5.41, 5.74) is 2.13. The summed E-state index contributed by atoms with van der Waals surface area (Å²) in [6, 6.07) is 9.70. The molecule has 0 unspecified atom stereocenters. The van der Waals surface area contributed by atoms with Crippen LogP contribution >= 0.6 is 11.3 Å². The third-order valence-corrected chi connectivity index (χ3v) is 4.13. The van der Waals surface area contributed by atoms with Gasteiger partial charge >= 0.3 is 0 Å². The van der Waals surface area contributed by atoms with Crippen molar-refractivity contribution in [1.82, 2.24) is 5.06 Å². The van der Waals surface area contributed by atoms with E-state index in [1.165, 1.54) is 23.5 Å². The normalized spacial score (nSPS) is 10.4. The molecule has 0 saturated heterocycles. The standard InChI is InChI=1S/C15H17NO3S/c1-10-13(11-5-7-12(18-3)8-6-11)9-14(20-10)15(17)16(2)19-4/h5-9H,1-4H3. The molecule has 0 bridgehead atoms. The lowest BCUT2D eigenvalue weighted by Crippen LogP contribution is -2.24. The van der Waals surface area contributed by atoms with Crippen molar-refractivity contribution in [2.24, 2.45) is 0 Å². The highest BCUT2D eigenvalue weighted by Crippen LogP contribution is 2.32. The SMILES string of the molecule is COc1ccc(-c2cc(C(=O)N(C)OC)sc2C)cc1. The highest BCUT2D eigenvalue weighted by molar-refractivity contribution is 7.14. The van der Waals surface area contributed by atoms with Crippen LogP contribution in [0.2, 0.25) is 0 Å². The lowest BCUT2D eigenvalue weighted by atomic mass is 10.1. The maximum atomic E-state index is 12.1. The summed E-state index contributed by atoms with van der Waals surface area (Å²) in [5.74, 6) is 0.678. The molecule has 0 fully saturated rings. The van der Waals surface area contributed by atoms with Gasteiger partial charge in [0.05, 0.1) is 19.1 Å². The Hall–Kier alpha value is -1.85. The lowest BCUT2D eigenvalue weighted by Gasteiger charge is -2.11. The summed E-state index contributed by atoms with van der Waals surface area (Å²) in [4.78, 5) is 18.8. The Kier molecular flexibility index (Phi) is 4.42. The molecule has 0 aliphatic heterocycles. The molecule has 1 amide bonds. The number of methoxy groups -OCH3 is 1. The highest BCUT2D eigenvalue weighted by Gasteiger charge is 2.17. The molecule has 0 aliphatic carbocycles. The second kappa shape index (κ2) is 6.07. The Labute approximate surface area is 122 Å². The second-order valence-electron chi connectivity index (χ2n) is 4.29. The fourth-order valence-electron chi connectivity index (χ4n) is 1.88. The van der Waals surface area contributed by atoms with Crippen LogP contribution in [0.5, 0.6) is 5.75 Å². The van der Waals surface area contributed by atoms with Gasteiger partial charge in [-0.05, 0) is 36.2 Å². The molecule has 4 nitrogen and oxygen atoms in total. The van der Waals surface area contributed by atoms with Gasteiger partial charge in [-0.1, -0.05) is 12.1 Å². The van der Waals surface area contributed by atoms with Crippen molar-refractivity contribution < 1.29 is 14.4 Å². The van der Waals surface area contributed by atoms with Crippen LogP contribution < -0.4 is 4.74 Å². The van der Waals surface area contributed by atoms with Crippen molar-refractivity contribution in [2.45, 2.75) is 6.92 Å². The van der Waals surface area contributed by atoms with Crippen molar-refractivity contribution in [3.05, 3.63) is 40.1 Å². The number of aryl methyl sites for hydroxylation is 1. The molecule has 0 spiro atoms. The number of hydrogen-bond donors (Lipinski definition) is 0. The summed E-state index contributed by atoms with van der Waals surface area (Å²) in [5, 5.41) is 1.23. The molecule has 20 heavy (non-hydrogen) atoms. The Morgan fingerprint density at radius 1 is 1.20 bits per heavy atom. The van der Waals surface area contributed by atoms with Gasteiger partial charge in [-0.25, -0.2) is 5.06 Å². The molecule has 2 rings (SSSR count). The first-order chi connectivity index (χ1) is 9.56. The van der Waals surface area contributed by atoms with Crippen LogP contribution in [0.15, 0.2) is 30.3 Å². The molecule has 0 aliphatic rings. The average Bonchev–Trinajstić information content (AvgIpc) is 2.87. The highest BCUT2D eigenvalue weighted by atomic mass is 32.1. The Balaban J connectivity index is 2.33. The number of carbonyl (C=O) groups is 1.